The van der Waals surface area contributed by atoms with E-state index in [4.69, 9.17) is 10.5 Å². The number of nitrogens with zero attached hydrogens (tertiary/aromatic N) is 1. The van der Waals surface area contributed by atoms with Crippen LogP contribution in [0.15, 0.2) is 18.2 Å². The Hall–Kier alpha value is -1.06. The standard InChI is InChI=1S/C14H24N2O/c1-4-5-8-16(2)11-12-6-7-14(17-3)13(9-12)10-15/h6-7,9H,4-5,8,10-11,15H2,1-3H3. The zero-order valence-electron chi connectivity index (χ0n) is 11.2. The highest BCUT2D eigenvalue weighted by molar-refractivity contribution is 5.37. The van der Waals surface area contributed by atoms with Gasteiger partial charge in [0.05, 0.1) is 7.11 Å². The van der Waals surface area contributed by atoms with Gasteiger partial charge in [-0.05, 0) is 37.7 Å². The first-order valence-corrected chi connectivity index (χ1v) is 6.25. The number of hydrogen-bond donors (Lipinski definition) is 1. The van der Waals surface area contributed by atoms with Gasteiger partial charge in [-0.2, -0.15) is 0 Å². The number of methoxy groups -OCH3 is 1. The van der Waals surface area contributed by atoms with Gasteiger partial charge >= 0.3 is 0 Å². The SMILES string of the molecule is CCCCN(C)Cc1ccc(OC)c(CN)c1. The smallest absolute Gasteiger partial charge is 0.123 e. The second kappa shape index (κ2) is 7.30. The van der Waals surface area contributed by atoms with E-state index in [2.05, 4.69) is 31.0 Å². The monoisotopic (exact) mass is 236 g/mol. The minimum absolute atomic E-state index is 0.523. The predicted octanol–water partition coefficient (Wildman–Crippen LogP) is 2.39. The third-order valence-electron chi connectivity index (χ3n) is 2.91. The van der Waals surface area contributed by atoms with E-state index >= 15 is 0 Å². The topological polar surface area (TPSA) is 38.5 Å². The van der Waals surface area contributed by atoms with Gasteiger partial charge in [0.15, 0.2) is 0 Å². The number of ether oxygens (including phenoxy) is 1. The maximum atomic E-state index is 5.71. The van der Waals surface area contributed by atoms with Crippen LogP contribution in [-0.4, -0.2) is 25.6 Å². The fourth-order valence-electron chi connectivity index (χ4n) is 1.91. The van der Waals surface area contributed by atoms with Gasteiger partial charge in [-0.25, -0.2) is 0 Å². The maximum Gasteiger partial charge on any atom is 0.123 e. The average Bonchev–Trinajstić information content (AvgIpc) is 2.36. The first-order chi connectivity index (χ1) is 8.21. The molecule has 0 aliphatic carbocycles. The van der Waals surface area contributed by atoms with Crippen LogP contribution in [0.5, 0.6) is 5.75 Å². The Morgan fingerprint density at radius 1 is 1.35 bits per heavy atom. The van der Waals surface area contributed by atoms with Crippen LogP contribution in [0.25, 0.3) is 0 Å². The van der Waals surface area contributed by atoms with Crippen LogP contribution in [0.2, 0.25) is 0 Å². The van der Waals surface area contributed by atoms with E-state index in [-0.39, 0.29) is 0 Å². The Balaban J connectivity index is 2.65. The molecule has 1 aromatic rings. The van der Waals surface area contributed by atoms with Crippen molar-refractivity contribution in [3.05, 3.63) is 29.3 Å². The predicted molar refractivity (Wildman–Crippen MR) is 72.1 cm³/mol. The Labute approximate surface area is 105 Å². The molecule has 0 unspecified atom stereocenters. The highest BCUT2D eigenvalue weighted by Gasteiger charge is 2.05. The third kappa shape index (κ3) is 4.36. The fraction of sp³-hybridized carbons (Fsp3) is 0.571. The number of hydrogen-bond acceptors (Lipinski definition) is 3. The zero-order valence-corrected chi connectivity index (χ0v) is 11.2. The van der Waals surface area contributed by atoms with Gasteiger partial charge in [0.2, 0.25) is 0 Å². The number of rotatable bonds is 7. The van der Waals surface area contributed by atoms with E-state index in [1.807, 2.05) is 6.07 Å². The number of nitrogens with two attached hydrogens (primary N) is 1. The largest absolute Gasteiger partial charge is 0.496 e. The molecule has 0 saturated carbocycles. The van der Waals surface area contributed by atoms with Gasteiger partial charge in [-0.1, -0.05) is 19.4 Å². The minimum atomic E-state index is 0.523. The number of benzene rings is 1. The summed E-state index contributed by atoms with van der Waals surface area (Å²) in [6.07, 6.45) is 2.48. The van der Waals surface area contributed by atoms with Crippen molar-refractivity contribution in [2.45, 2.75) is 32.9 Å². The van der Waals surface area contributed by atoms with Gasteiger partial charge in [-0.15, -0.1) is 0 Å². The molecule has 1 aromatic carbocycles. The summed E-state index contributed by atoms with van der Waals surface area (Å²) in [6.45, 7) is 4.85. The van der Waals surface area contributed by atoms with Crippen molar-refractivity contribution in [1.82, 2.24) is 4.90 Å². The summed E-state index contributed by atoms with van der Waals surface area (Å²) in [5, 5.41) is 0. The molecule has 3 nitrogen and oxygen atoms in total. The van der Waals surface area contributed by atoms with Crippen molar-refractivity contribution in [3.8, 4) is 5.75 Å². The lowest BCUT2D eigenvalue weighted by Gasteiger charge is -2.17. The third-order valence-corrected chi connectivity index (χ3v) is 2.91. The molecule has 96 valence electrons. The lowest BCUT2D eigenvalue weighted by molar-refractivity contribution is 0.320. The molecule has 2 N–H and O–H groups in total. The Bertz CT molecular complexity index is 339. The Morgan fingerprint density at radius 3 is 2.71 bits per heavy atom. The van der Waals surface area contributed by atoms with Crippen molar-refractivity contribution < 1.29 is 4.74 Å². The Kier molecular flexibility index (Phi) is 6.01. The molecule has 0 saturated heterocycles. The molecule has 0 aliphatic rings. The average molecular weight is 236 g/mol. The van der Waals surface area contributed by atoms with E-state index in [1.165, 1.54) is 18.4 Å². The first kappa shape index (κ1) is 14.0. The van der Waals surface area contributed by atoms with Crippen molar-refractivity contribution in [2.24, 2.45) is 5.73 Å². The van der Waals surface area contributed by atoms with Gasteiger partial charge in [0.25, 0.3) is 0 Å². The summed E-state index contributed by atoms with van der Waals surface area (Å²) in [5.74, 6) is 0.882. The summed E-state index contributed by atoms with van der Waals surface area (Å²) in [5.41, 5.74) is 8.09. The van der Waals surface area contributed by atoms with E-state index in [9.17, 15) is 0 Å². The molecule has 0 aromatic heterocycles. The van der Waals surface area contributed by atoms with E-state index < -0.39 is 0 Å². The molecule has 0 amide bonds. The highest BCUT2D eigenvalue weighted by atomic mass is 16.5. The van der Waals surface area contributed by atoms with Crippen molar-refractivity contribution in [2.75, 3.05) is 20.7 Å². The highest BCUT2D eigenvalue weighted by Crippen LogP contribution is 2.20. The minimum Gasteiger partial charge on any atom is -0.496 e. The second-order valence-corrected chi connectivity index (χ2v) is 4.44. The molecule has 0 aliphatic heterocycles. The molecule has 0 bridgehead atoms. The normalized spacial score (nSPS) is 10.9. The summed E-state index contributed by atoms with van der Waals surface area (Å²) in [6, 6.07) is 6.26. The summed E-state index contributed by atoms with van der Waals surface area (Å²) < 4.78 is 5.27. The molecule has 0 fully saturated rings. The summed E-state index contributed by atoms with van der Waals surface area (Å²) >= 11 is 0. The number of unbranched alkanes of at least 4 members (excludes halogenated alkanes) is 1. The Morgan fingerprint density at radius 2 is 2.12 bits per heavy atom. The molecule has 17 heavy (non-hydrogen) atoms. The van der Waals surface area contributed by atoms with Crippen molar-refractivity contribution in [1.29, 1.82) is 0 Å². The first-order valence-electron chi connectivity index (χ1n) is 6.25. The lowest BCUT2D eigenvalue weighted by atomic mass is 10.1. The molecule has 0 heterocycles. The van der Waals surface area contributed by atoms with Gasteiger partial charge in [0, 0.05) is 18.7 Å². The molecular weight excluding hydrogens is 212 g/mol. The zero-order chi connectivity index (χ0) is 12.7. The molecule has 0 spiro atoms. The van der Waals surface area contributed by atoms with Gasteiger partial charge < -0.3 is 15.4 Å². The van der Waals surface area contributed by atoms with Gasteiger partial charge in [0.1, 0.15) is 5.75 Å². The van der Waals surface area contributed by atoms with E-state index in [0.717, 1.165) is 24.4 Å². The van der Waals surface area contributed by atoms with E-state index in [0.29, 0.717) is 6.54 Å². The van der Waals surface area contributed by atoms with Crippen LogP contribution in [-0.2, 0) is 13.1 Å². The quantitative estimate of drug-likeness (QED) is 0.790. The van der Waals surface area contributed by atoms with Crippen molar-refractivity contribution in [3.63, 3.8) is 0 Å². The molecule has 0 radical (unpaired) electrons. The van der Waals surface area contributed by atoms with Crippen LogP contribution in [0.3, 0.4) is 0 Å². The van der Waals surface area contributed by atoms with Crippen molar-refractivity contribution >= 4 is 0 Å². The summed E-state index contributed by atoms with van der Waals surface area (Å²) in [4.78, 5) is 2.34. The van der Waals surface area contributed by atoms with Crippen LogP contribution < -0.4 is 10.5 Å². The lowest BCUT2D eigenvalue weighted by Crippen LogP contribution is -2.19. The van der Waals surface area contributed by atoms with Crippen LogP contribution in [0, 0.1) is 0 Å². The second-order valence-electron chi connectivity index (χ2n) is 4.44. The van der Waals surface area contributed by atoms with E-state index in [1.54, 1.807) is 7.11 Å². The molecule has 3 heteroatoms. The summed E-state index contributed by atoms with van der Waals surface area (Å²) in [7, 11) is 3.84. The fourth-order valence-corrected chi connectivity index (χ4v) is 1.91. The molecule has 0 atom stereocenters. The molecular formula is C14H24N2O. The maximum absolute atomic E-state index is 5.71. The molecule has 1 rings (SSSR count). The van der Waals surface area contributed by atoms with Crippen LogP contribution in [0.1, 0.15) is 30.9 Å². The van der Waals surface area contributed by atoms with Gasteiger partial charge in [-0.3, -0.25) is 0 Å². The van der Waals surface area contributed by atoms with Crippen LogP contribution >= 0.6 is 0 Å². The van der Waals surface area contributed by atoms with Crippen LogP contribution in [0.4, 0.5) is 0 Å².